The number of nitrogens with zero attached hydrogens (tertiary/aromatic N) is 1. The third kappa shape index (κ3) is 4.23. The molecule has 30 heavy (non-hydrogen) atoms. The molecular formula is C25H30N2O2S. The fraction of sp³-hybridized carbons (Fsp3) is 0.360. The highest BCUT2D eigenvalue weighted by Crippen LogP contribution is 2.39. The van der Waals surface area contributed by atoms with Gasteiger partial charge in [-0.3, -0.25) is 0 Å². The number of allylic oxidation sites excluding steroid dienone is 1. The molecule has 4 nitrogen and oxygen atoms in total. The molecule has 0 bridgehead atoms. The number of nitrogens with one attached hydrogen (secondary N) is 1. The molecule has 2 aliphatic rings. The Bertz CT molecular complexity index is 1050. The smallest absolute Gasteiger partial charge is 0.243 e. The van der Waals surface area contributed by atoms with E-state index in [1.165, 1.54) is 11.1 Å². The van der Waals surface area contributed by atoms with Gasteiger partial charge >= 0.3 is 0 Å². The first-order valence-corrected chi connectivity index (χ1v) is 12.0. The van der Waals surface area contributed by atoms with Crippen molar-refractivity contribution in [1.29, 1.82) is 0 Å². The van der Waals surface area contributed by atoms with Crippen molar-refractivity contribution in [3.05, 3.63) is 83.5 Å². The topological polar surface area (TPSA) is 49.4 Å². The average molecular weight is 423 g/mol. The maximum atomic E-state index is 13.3. The van der Waals surface area contributed by atoms with Crippen molar-refractivity contribution in [1.82, 2.24) is 4.31 Å². The summed E-state index contributed by atoms with van der Waals surface area (Å²) < 4.78 is 28.3. The highest BCUT2D eigenvalue weighted by Gasteiger charge is 2.40. The van der Waals surface area contributed by atoms with E-state index in [9.17, 15) is 8.42 Å². The van der Waals surface area contributed by atoms with Crippen LogP contribution in [0.3, 0.4) is 0 Å². The highest BCUT2D eigenvalue weighted by molar-refractivity contribution is 7.89. The lowest BCUT2D eigenvalue weighted by Crippen LogP contribution is -2.47. The standard InChI is InChI=1S/C25H30N2O2S/c1-18(2)25-17-27(30(28,29)23-13-9-19(3)10-14-23)16-20-11-12-22(15-24(20)25)26-21-7-5-4-6-8-21/h4-14,20,22,24,26H,15-17H2,1-3H3/t20-,22+,24-/m1/s1. The van der Waals surface area contributed by atoms with Crippen LogP contribution in [0.2, 0.25) is 0 Å². The fourth-order valence-electron chi connectivity index (χ4n) is 4.56. The van der Waals surface area contributed by atoms with Crippen LogP contribution in [0, 0.1) is 18.8 Å². The number of para-hydroxylation sites is 1. The molecule has 3 atom stereocenters. The molecule has 0 aromatic heterocycles. The first-order chi connectivity index (χ1) is 14.3. The first-order valence-electron chi connectivity index (χ1n) is 10.6. The molecule has 1 saturated heterocycles. The average Bonchev–Trinajstić information content (AvgIpc) is 2.74. The van der Waals surface area contributed by atoms with Crippen molar-refractivity contribution in [3.8, 4) is 0 Å². The van der Waals surface area contributed by atoms with Crippen LogP contribution in [0.15, 0.2) is 82.8 Å². The van der Waals surface area contributed by atoms with Gasteiger partial charge in [0.2, 0.25) is 10.0 Å². The zero-order valence-electron chi connectivity index (χ0n) is 17.9. The van der Waals surface area contributed by atoms with Gasteiger partial charge in [-0.25, -0.2) is 8.42 Å². The molecule has 158 valence electrons. The molecule has 2 aromatic rings. The third-order valence-corrected chi connectivity index (χ3v) is 8.08. The minimum absolute atomic E-state index is 0.206. The summed E-state index contributed by atoms with van der Waals surface area (Å²) in [7, 11) is -3.51. The molecule has 4 rings (SSSR count). The molecule has 0 amide bonds. The van der Waals surface area contributed by atoms with Crippen LogP contribution >= 0.6 is 0 Å². The summed E-state index contributed by atoms with van der Waals surface area (Å²) in [6.45, 7) is 7.19. The van der Waals surface area contributed by atoms with Crippen LogP contribution in [-0.2, 0) is 10.0 Å². The molecule has 0 unspecified atom stereocenters. The normalized spacial score (nSPS) is 24.4. The van der Waals surface area contributed by atoms with Crippen molar-refractivity contribution in [2.45, 2.75) is 38.1 Å². The van der Waals surface area contributed by atoms with E-state index in [1.807, 2.05) is 37.3 Å². The van der Waals surface area contributed by atoms with Gasteiger partial charge in [0.1, 0.15) is 0 Å². The Labute approximate surface area is 180 Å². The number of sulfonamides is 1. The number of benzene rings is 2. The summed E-state index contributed by atoms with van der Waals surface area (Å²) in [6, 6.07) is 17.7. The summed E-state index contributed by atoms with van der Waals surface area (Å²) in [5, 5.41) is 3.60. The Kier molecular flexibility index (Phi) is 5.85. The summed E-state index contributed by atoms with van der Waals surface area (Å²) in [4.78, 5) is 0.378. The van der Waals surface area contributed by atoms with Gasteiger partial charge in [-0.15, -0.1) is 0 Å². The lowest BCUT2D eigenvalue weighted by molar-refractivity contribution is 0.258. The van der Waals surface area contributed by atoms with E-state index in [2.05, 4.69) is 43.4 Å². The second-order valence-corrected chi connectivity index (χ2v) is 10.6. The Balaban J connectivity index is 1.59. The monoisotopic (exact) mass is 422 g/mol. The minimum Gasteiger partial charge on any atom is -0.379 e. The molecule has 1 heterocycles. The number of rotatable bonds is 4. The van der Waals surface area contributed by atoms with E-state index in [4.69, 9.17) is 0 Å². The van der Waals surface area contributed by atoms with Gasteiger partial charge in [0.05, 0.1) is 4.90 Å². The molecule has 1 aliphatic heterocycles. The number of hydrogen-bond acceptors (Lipinski definition) is 3. The van der Waals surface area contributed by atoms with Crippen molar-refractivity contribution >= 4 is 15.7 Å². The SMILES string of the molecule is CC(C)=C1CN(S(=O)(=O)c2ccc(C)cc2)C[C@H]2C=C[C@H](Nc3ccccc3)C[C@@H]12. The fourth-order valence-corrected chi connectivity index (χ4v) is 6.02. The summed E-state index contributed by atoms with van der Waals surface area (Å²) >= 11 is 0. The number of aryl methyl sites for hydroxylation is 1. The Morgan fingerprint density at radius 2 is 1.70 bits per heavy atom. The Morgan fingerprint density at radius 1 is 1.00 bits per heavy atom. The predicted molar refractivity (Wildman–Crippen MR) is 123 cm³/mol. The number of anilines is 1. The van der Waals surface area contributed by atoms with E-state index in [0.717, 1.165) is 17.7 Å². The van der Waals surface area contributed by atoms with E-state index in [0.29, 0.717) is 23.9 Å². The van der Waals surface area contributed by atoms with Crippen LogP contribution < -0.4 is 5.32 Å². The maximum Gasteiger partial charge on any atom is 0.243 e. The van der Waals surface area contributed by atoms with Crippen LogP contribution in [0.5, 0.6) is 0 Å². The zero-order chi connectivity index (χ0) is 21.3. The first kappa shape index (κ1) is 20.9. The molecule has 1 fully saturated rings. The summed E-state index contributed by atoms with van der Waals surface area (Å²) in [5.74, 6) is 0.573. The van der Waals surface area contributed by atoms with E-state index in [1.54, 1.807) is 16.4 Å². The molecule has 0 radical (unpaired) electrons. The maximum absolute atomic E-state index is 13.3. The molecule has 1 aliphatic carbocycles. The van der Waals surface area contributed by atoms with Gasteiger partial charge in [0.15, 0.2) is 0 Å². The molecule has 2 aromatic carbocycles. The van der Waals surface area contributed by atoms with Crippen LogP contribution in [0.4, 0.5) is 5.69 Å². The predicted octanol–water partition coefficient (Wildman–Crippen LogP) is 5.01. The van der Waals surface area contributed by atoms with Crippen molar-refractivity contribution in [2.24, 2.45) is 11.8 Å². The quantitative estimate of drug-likeness (QED) is 0.705. The summed E-state index contributed by atoms with van der Waals surface area (Å²) in [6.07, 6.45) is 5.41. The van der Waals surface area contributed by atoms with Gasteiger partial charge in [-0.2, -0.15) is 4.31 Å². The van der Waals surface area contributed by atoms with Crippen molar-refractivity contribution in [2.75, 3.05) is 18.4 Å². The molecule has 0 spiro atoms. The van der Waals surface area contributed by atoms with Gasteiger partial charge < -0.3 is 5.32 Å². The Morgan fingerprint density at radius 3 is 2.37 bits per heavy atom. The van der Waals surface area contributed by atoms with Crippen LogP contribution in [-0.4, -0.2) is 31.9 Å². The highest BCUT2D eigenvalue weighted by atomic mass is 32.2. The molecule has 5 heteroatoms. The van der Waals surface area contributed by atoms with Crippen LogP contribution in [0.25, 0.3) is 0 Å². The lowest BCUT2D eigenvalue weighted by atomic mass is 9.74. The lowest BCUT2D eigenvalue weighted by Gasteiger charge is -2.43. The number of piperidine rings is 1. The zero-order valence-corrected chi connectivity index (χ0v) is 18.7. The second-order valence-electron chi connectivity index (χ2n) is 8.64. The van der Waals surface area contributed by atoms with Crippen molar-refractivity contribution < 1.29 is 8.42 Å². The largest absolute Gasteiger partial charge is 0.379 e. The molecule has 1 N–H and O–H groups in total. The van der Waals surface area contributed by atoms with Crippen molar-refractivity contribution in [3.63, 3.8) is 0 Å². The number of hydrogen-bond donors (Lipinski definition) is 1. The van der Waals surface area contributed by atoms with E-state index < -0.39 is 10.0 Å². The van der Waals surface area contributed by atoms with Gasteiger partial charge in [-0.1, -0.05) is 59.2 Å². The van der Waals surface area contributed by atoms with E-state index in [-0.39, 0.29) is 12.0 Å². The molecule has 0 saturated carbocycles. The minimum atomic E-state index is -3.51. The van der Waals surface area contributed by atoms with Crippen LogP contribution in [0.1, 0.15) is 25.8 Å². The van der Waals surface area contributed by atoms with E-state index >= 15 is 0 Å². The molecular weight excluding hydrogens is 392 g/mol. The van der Waals surface area contributed by atoms with Gasteiger partial charge in [-0.05, 0) is 63.3 Å². The second kappa shape index (κ2) is 8.40. The summed E-state index contributed by atoms with van der Waals surface area (Å²) in [5.41, 5.74) is 4.65. The number of fused-ring (bicyclic) bond motifs is 1. The van der Waals surface area contributed by atoms with Gasteiger partial charge in [0.25, 0.3) is 0 Å². The van der Waals surface area contributed by atoms with Gasteiger partial charge in [0, 0.05) is 24.8 Å². The Hall–Kier alpha value is -2.37. The third-order valence-electron chi connectivity index (χ3n) is 6.25.